The molecule has 3 heterocycles. The lowest BCUT2D eigenvalue weighted by molar-refractivity contribution is -0.384. The van der Waals surface area contributed by atoms with Crippen molar-refractivity contribution in [3.8, 4) is 11.5 Å². The summed E-state index contributed by atoms with van der Waals surface area (Å²) in [6.45, 7) is 0.113. The van der Waals surface area contributed by atoms with E-state index in [1.54, 1.807) is 30.3 Å². The van der Waals surface area contributed by atoms with Crippen molar-refractivity contribution in [2.75, 3.05) is 11.7 Å². The SMILES string of the molecule is O=C1[C@@H]2[C@H]3C[C@@H]([C@H]4ON=C(c5ccc([N+](=O)[O-])cc5)[C@@H]34)[C@H]2C(=O)N1c1ccc2c(c1)OCO2. The highest BCUT2D eigenvalue weighted by Gasteiger charge is 2.70. The van der Waals surface area contributed by atoms with E-state index in [9.17, 15) is 19.7 Å². The number of hydrogen-bond donors (Lipinski definition) is 0. The molecule has 10 nitrogen and oxygen atoms in total. The molecule has 2 aromatic rings. The maximum absolute atomic E-state index is 13.5. The number of carbonyl (C=O) groups excluding carboxylic acids is 2. The van der Waals surface area contributed by atoms with Crippen LogP contribution in [0.4, 0.5) is 11.4 Å². The standard InChI is InChI=1S/C23H17N3O7/c27-22-17-13-8-14(18(17)23(28)25(22)12-5-6-15-16(7-12)32-9-31-15)21-19(13)20(24-33-21)10-1-3-11(4-2-10)26(29)30/h1-7,13-14,17-19,21H,8-9H2/t13-,14-,17-,18-,19-,21-/m1/s1. The number of oxime groups is 1. The van der Waals surface area contributed by atoms with Crippen LogP contribution in [-0.4, -0.2) is 35.3 Å². The van der Waals surface area contributed by atoms with Crippen molar-refractivity contribution in [3.63, 3.8) is 0 Å². The van der Waals surface area contributed by atoms with Gasteiger partial charge >= 0.3 is 0 Å². The smallest absolute Gasteiger partial charge is 0.269 e. The molecule has 0 unspecified atom stereocenters. The molecule has 10 heteroatoms. The fourth-order valence-electron chi connectivity index (χ4n) is 6.40. The number of anilines is 1. The highest BCUT2D eigenvalue weighted by Crippen LogP contribution is 2.62. The number of nitro benzene ring substituents is 1. The van der Waals surface area contributed by atoms with Crippen LogP contribution in [0.5, 0.6) is 11.5 Å². The Morgan fingerprint density at radius 2 is 1.67 bits per heavy atom. The number of carbonyl (C=O) groups is 2. The summed E-state index contributed by atoms with van der Waals surface area (Å²) in [5, 5.41) is 15.3. The van der Waals surface area contributed by atoms with E-state index in [0.29, 0.717) is 22.9 Å². The van der Waals surface area contributed by atoms with Crippen molar-refractivity contribution in [3.05, 3.63) is 58.1 Å². The van der Waals surface area contributed by atoms with Crippen molar-refractivity contribution >= 4 is 28.9 Å². The van der Waals surface area contributed by atoms with Gasteiger partial charge in [-0.2, -0.15) is 0 Å². The Labute approximate surface area is 186 Å². The lowest BCUT2D eigenvalue weighted by Crippen LogP contribution is -2.41. The van der Waals surface area contributed by atoms with E-state index in [-0.39, 0.29) is 48.2 Å². The van der Waals surface area contributed by atoms with Crippen LogP contribution in [0.3, 0.4) is 0 Å². The zero-order valence-electron chi connectivity index (χ0n) is 17.1. The number of rotatable bonds is 3. The molecule has 0 aromatic heterocycles. The predicted molar refractivity (Wildman–Crippen MR) is 112 cm³/mol. The number of nitro groups is 1. The van der Waals surface area contributed by atoms with Gasteiger partial charge in [-0.1, -0.05) is 5.16 Å². The van der Waals surface area contributed by atoms with E-state index in [1.807, 2.05) is 0 Å². The molecule has 0 spiro atoms. The average Bonchev–Trinajstić information content (AvgIpc) is 3.61. The number of amides is 2. The molecule has 1 saturated heterocycles. The molecule has 6 atom stereocenters. The number of imide groups is 1. The lowest BCUT2D eigenvalue weighted by atomic mass is 9.71. The molecule has 5 aliphatic rings. The van der Waals surface area contributed by atoms with Gasteiger partial charge in [0.05, 0.1) is 28.2 Å². The maximum atomic E-state index is 13.5. The first-order chi connectivity index (χ1) is 16.0. The van der Waals surface area contributed by atoms with Crippen LogP contribution in [0.2, 0.25) is 0 Å². The van der Waals surface area contributed by atoms with Gasteiger partial charge in [-0.15, -0.1) is 0 Å². The van der Waals surface area contributed by atoms with Crippen molar-refractivity contribution < 1.29 is 28.8 Å². The third-order valence-electron chi connectivity index (χ3n) is 7.68. The van der Waals surface area contributed by atoms with Gasteiger partial charge in [0.25, 0.3) is 5.69 Å². The number of non-ortho nitro benzene ring substituents is 1. The molecule has 0 N–H and O–H groups in total. The van der Waals surface area contributed by atoms with Crippen molar-refractivity contribution in [2.45, 2.75) is 12.5 Å². The van der Waals surface area contributed by atoms with Crippen molar-refractivity contribution in [2.24, 2.45) is 34.7 Å². The van der Waals surface area contributed by atoms with Crippen LogP contribution in [0.1, 0.15) is 12.0 Å². The molecule has 7 rings (SSSR count). The second-order valence-corrected chi connectivity index (χ2v) is 9.04. The summed E-state index contributed by atoms with van der Waals surface area (Å²) in [5.74, 6) is -0.458. The van der Waals surface area contributed by atoms with Gasteiger partial charge in [0.15, 0.2) is 11.5 Å². The largest absolute Gasteiger partial charge is 0.454 e. The molecule has 3 aliphatic heterocycles. The Kier molecular flexibility index (Phi) is 3.56. The van der Waals surface area contributed by atoms with Crippen LogP contribution >= 0.6 is 0 Å². The highest BCUT2D eigenvalue weighted by atomic mass is 16.7. The molecule has 2 saturated carbocycles. The molecule has 166 valence electrons. The summed E-state index contributed by atoms with van der Waals surface area (Å²) >= 11 is 0. The molecule has 33 heavy (non-hydrogen) atoms. The van der Waals surface area contributed by atoms with E-state index in [2.05, 4.69) is 5.16 Å². The van der Waals surface area contributed by atoms with Crippen LogP contribution in [0.25, 0.3) is 0 Å². The van der Waals surface area contributed by atoms with Gasteiger partial charge in [0.2, 0.25) is 18.6 Å². The first kappa shape index (κ1) is 18.6. The Morgan fingerprint density at radius 1 is 0.939 bits per heavy atom. The van der Waals surface area contributed by atoms with Crippen LogP contribution in [-0.2, 0) is 14.4 Å². The maximum Gasteiger partial charge on any atom is 0.269 e. The Hall–Kier alpha value is -3.95. The van der Waals surface area contributed by atoms with Gasteiger partial charge in [-0.25, -0.2) is 4.90 Å². The molecule has 2 aromatic carbocycles. The molecule has 2 amide bonds. The third kappa shape index (κ3) is 2.35. The number of fused-ring (bicyclic) bond motifs is 9. The summed E-state index contributed by atoms with van der Waals surface area (Å²) in [7, 11) is 0. The van der Waals surface area contributed by atoms with E-state index in [4.69, 9.17) is 14.3 Å². The summed E-state index contributed by atoms with van der Waals surface area (Å²) < 4.78 is 10.8. The highest BCUT2D eigenvalue weighted by molar-refractivity contribution is 6.23. The molecule has 3 fully saturated rings. The fraction of sp³-hybridized carbons (Fsp3) is 0.348. The average molecular weight is 447 g/mol. The monoisotopic (exact) mass is 447 g/mol. The minimum Gasteiger partial charge on any atom is -0.454 e. The second-order valence-electron chi connectivity index (χ2n) is 9.04. The third-order valence-corrected chi connectivity index (χ3v) is 7.68. The van der Waals surface area contributed by atoms with Gasteiger partial charge in [0.1, 0.15) is 6.10 Å². The normalized spacial score (nSPS) is 32.6. The molecule has 2 bridgehead atoms. The zero-order valence-corrected chi connectivity index (χ0v) is 17.1. The van der Waals surface area contributed by atoms with E-state index < -0.39 is 16.8 Å². The second kappa shape index (κ2) is 6.31. The van der Waals surface area contributed by atoms with E-state index >= 15 is 0 Å². The summed E-state index contributed by atoms with van der Waals surface area (Å²) in [6.07, 6.45) is 0.457. The van der Waals surface area contributed by atoms with Gasteiger partial charge < -0.3 is 14.3 Å². The quantitative estimate of drug-likeness (QED) is 0.403. The van der Waals surface area contributed by atoms with Crippen LogP contribution in [0, 0.1) is 39.7 Å². The summed E-state index contributed by atoms with van der Waals surface area (Å²) in [6, 6.07) is 11.3. The van der Waals surface area contributed by atoms with Gasteiger partial charge in [-0.3, -0.25) is 19.7 Å². The van der Waals surface area contributed by atoms with Crippen molar-refractivity contribution in [1.29, 1.82) is 0 Å². The first-order valence-electron chi connectivity index (χ1n) is 10.8. The number of ether oxygens (including phenoxy) is 2. The predicted octanol–water partition coefficient (Wildman–Crippen LogP) is 2.50. The van der Waals surface area contributed by atoms with Crippen LogP contribution in [0.15, 0.2) is 47.6 Å². The van der Waals surface area contributed by atoms with Gasteiger partial charge in [-0.05, 0) is 36.6 Å². The molecule has 0 radical (unpaired) electrons. The summed E-state index contributed by atoms with van der Waals surface area (Å²) in [5.41, 5.74) is 1.92. The van der Waals surface area contributed by atoms with E-state index in [0.717, 1.165) is 12.0 Å². The Balaban J connectivity index is 1.21. The Morgan fingerprint density at radius 3 is 2.42 bits per heavy atom. The van der Waals surface area contributed by atoms with Gasteiger partial charge in [0, 0.05) is 35.6 Å². The minimum absolute atomic E-state index is 0.00115. The number of hydrogen-bond acceptors (Lipinski definition) is 8. The van der Waals surface area contributed by atoms with E-state index in [1.165, 1.54) is 17.0 Å². The number of nitrogens with zero attached hydrogens (tertiary/aromatic N) is 3. The zero-order chi connectivity index (χ0) is 22.4. The molecule has 2 aliphatic carbocycles. The summed E-state index contributed by atoms with van der Waals surface area (Å²) in [4.78, 5) is 44.5. The topological polar surface area (TPSA) is 121 Å². The van der Waals surface area contributed by atoms with Crippen molar-refractivity contribution in [1.82, 2.24) is 0 Å². The fourth-order valence-corrected chi connectivity index (χ4v) is 6.40. The first-order valence-corrected chi connectivity index (χ1v) is 10.8. The molecular weight excluding hydrogens is 430 g/mol. The minimum atomic E-state index is -0.449. The number of benzene rings is 2. The Bertz CT molecular complexity index is 1270. The lowest BCUT2D eigenvalue weighted by Gasteiger charge is -2.29. The van der Waals surface area contributed by atoms with Crippen LogP contribution < -0.4 is 14.4 Å². The molecular formula is C23H17N3O7.